The Morgan fingerprint density at radius 3 is 2.61 bits per heavy atom. The predicted octanol–water partition coefficient (Wildman–Crippen LogP) is 2.95. The number of rotatable bonds is 3. The Morgan fingerprint density at radius 1 is 1.22 bits per heavy atom. The molecule has 0 spiro atoms. The number of hydrogen-bond acceptors (Lipinski definition) is 3. The molecule has 0 bridgehead atoms. The number of aromatic nitrogens is 1. The zero-order valence-corrected chi connectivity index (χ0v) is 10.9. The van der Waals surface area contributed by atoms with E-state index in [1.54, 1.807) is 0 Å². The van der Waals surface area contributed by atoms with Crippen LogP contribution in [-0.2, 0) is 5.41 Å². The van der Waals surface area contributed by atoms with E-state index in [1.165, 1.54) is 11.1 Å². The van der Waals surface area contributed by atoms with Crippen LogP contribution in [0.4, 0.5) is 0 Å². The van der Waals surface area contributed by atoms with Crippen LogP contribution in [0.3, 0.4) is 0 Å². The Labute approximate surface area is 107 Å². The summed E-state index contributed by atoms with van der Waals surface area (Å²) in [7, 11) is 0. The average molecular weight is 242 g/mol. The molecule has 1 heterocycles. The van der Waals surface area contributed by atoms with Gasteiger partial charge in [-0.3, -0.25) is 0 Å². The van der Waals surface area contributed by atoms with Gasteiger partial charge in [-0.1, -0.05) is 17.3 Å². The summed E-state index contributed by atoms with van der Waals surface area (Å²) in [6.45, 7) is 4.88. The molecule has 1 aliphatic carbocycles. The minimum Gasteiger partial charge on any atom is -0.356 e. The van der Waals surface area contributed by atoms with Gasteiger partial charge in [0.15, 0.2) is 5.76 Å². The summed E-state index contributed by atoms with van der Waals surface area (Å²) in [6, 6.07) is 8.38. The van der Waals surface area contributed by atoms with E-state index < -0.39 is 0 Å². The van der Waals surface area contributed by atoms with E-state index in [4.69, 9.17) is 10.3 Å². The lowest BCUT2D eigenvalue weighted by Crippen LogP contribution is -2.19. The van der Waals surface area contributed by atoms with E-state index in [-0.39, 0.29) is 5.41 Å². The van der Waals surface area contributed by atoms with Crippen LogP contribution >= 0.6 is 0 Å². The molecule has 2 N–H and O–H groups in total. The van der Waals surface area contributed by atoms with Gasteiger partial charge < -0.3 is 10.3 Å². The molecule has 1 aromatic heterocycles. The van der Waals surface area contributed by atoms with Crippen molar-refractivity contribution in [1.29, 1.82) is 0 Å². The van der Waals surface area contributed by atoms with Gasteiger partial charge >= 0.3 is 0 Å². The van der Waals surface area contributed by atoms with Crippen molar-refractivity contribution in [3.05, 3.63) is 41.1 Å². The maximum atomic E-state index is 5.81. The second-order valence-corrected chi connectivity index (χ2v) is 5.36. The van der Waals surface area contributed by atoms with Crippen LogP contribution in [0.1, 0.15) is 29.7 Å². The van der Waals surface area contributed by atoms with Gasteiger partial charge in [-0.05, 0) is 43.9 Å². The first-order valence-corrected chi connectivity index (χ1v) is 6.39. The number of aryl methyl sites for hydroxylation is 2. The Balaban J connectivity index is 1.95. The second-order valence-electron chi connectivity index (χ2n) is 5.36. The Bertz CT molecular complexity index is 582. The summed E-state index contributed by atoms with van der Waals surface area (Å²) in [4.78, 5) is 0. The van der Waals surface area contributed by atoms with E-state index in [2.05, 4.69) is 37.2 Å². The molecule has 1 saturated carbocycles. The number of nitrogens with zero attached hydrogens (tertiary/aromatic N) is 1. The molecule has 18 heavy (non-hydrogen) atoms. The lowest BCUT2D eigenvalue weighted by Gasteiger charge is -2.05. The smallest absolute Gasteiger partial charge is 0.167 e. The number of nitrogens with two attached hydrogens (primary N) is 1. The van der Waals surface area contributed by atoms with Gasteiger partial charge in [-0.25, -0.2) is 0 Å². The fourth-order valence-electron chi connectivity index (χ4n) is 2.27. The highest BCUT2D eigenvalue weighted by molar-refractivity contribution is 5.60. The maximum absolute atomic E-state index is 5.81. The molecule has 1 fully saturated rings. The summed E-state index contributed by atoms with van der Waals surface area (Å²) >= 11 is 0. The largest absolute Gasteiger partial charge is 0.356 e. The van der Waals surface area contributed by atoms with E-state index in [1.807, 2.05) is 6.07 Å². The molecular weight excluding hydrogens is 224 g/mol. The predicted molar refractivity (Wildman–Crippen MR) is 71.4 cm³/mol. The van der Waals surface area contributed by atoms with Gasteiger partial charge in [0.25, 0.3) is 0 Å². The maximum Gasteiger partial charge on any atom is 0.167 e. The first kappa shape index (κ1) is 11.5. The Hall–Kier alpha value is -1.61. The highest BCUT2D eigenvalue weighted by atomic mass is 16.5. The van der Waals surface area contributed by atoms with Gasteiger partial charge in [0.1, 0.15) is 0 Å². The third-order valence-corrected chi connectivity index (χ3v) is 4.09. The van der Waals surface area contributed by atoms with Crippen molar-refractivity contribution in [2.24, 2.45) is 5.73 Å². The van der Waals surface area contributed by atoms with Crippen LogP contribution in [0.5, 0.6) is 0 Å². The average Bonchev–Trinajstić information content (AvgIpc) is 3.02. The van der Waals surface area contributed by atoms with Gasteiger partial charge in [0.05, 0.1) is 5.69 Å². The molecule has 3 nitrogen and oxygen atoms in total. The molecule has 3 heteroatoms. The van der Waals surface area contributed by atoms with Crippen molar-refractivity contribution < 1.29 is 4.52 Å². The van der Waals surface area contributed by atoms with Crippen LogP contribution in [0.25, 0.3) is 11.3 Å². The summed E-state index contributed by atoms with van der Waals surface area (Å²) in [5.74, 6) is 0.841. The normalized spacial score (nSPS) is 16.8. The fourth-order valence-corrected chi connectivity index (χ4v) is 2.27. The van der Waals surface area contributed by atoms with Gasteiger partial charge in [0, 0.05) is 23.6 Å². The van der Waals surface area contributed by atoms with E-state index in [0.29, 0.717) is 6.54 Å². The quantitative estimate of drug-likeness (QED) is 0.900. The van der Waals surface area contributed by atoms with Crippen molar-refractivity contribution in [2.45, 2.75) is 32.1 Å². The molecule has 0 atom stereocenters. The van der Waals surface area contributed by atoms with Crippen LogP contribution < -0.4 is 5.73 Å². The molecule has 1 aliphatic rings. The molecule has 1 aromatic carbocycles. The molecule has 94 valence electrons. The summed E-state index contributed by atoms with van der Waals surface area (Å²) in [5.41, 5.74) is 10.6. The van der Waals surface area contributed by atoms with Crippen LogP contribution in [-0.4, -0.2) is 11.7 Å². The molecule has 0 amide bonds. The summed E-state index contributed by atoms with van der Waals surface area (Å²) in [5, 5.41) is 4.19. The highest BCUT2D eigenvalue weighted by Crippen LogP contribution is 2.47. The minimum absolute atomic E-state index is 0.0987. The summed E-state index contributed by atoms with van der Waals surface area (Å²) < 4.78 is 5.47. The van der Waals surface area contributed by atoms with Crippen LogP contribution in [0.2, 0.25) is 0 Å². The molecular formula is C15H18N2O. The van der Waals surface area contributed by atoms with Crippen molar-refractivity contribution >= 4 is 0 Å². The van der Waals surface area contributed by atoms with Gasteiger partial charge in [-0.2, -0.15) is 0 Å². The summed E-state index contributed by atoms with van der Waals surface area (Å²) in [6.07, 6.45) is 2.25. The Morgan fingerprint density at radius 2 is 2.00 bits per heavy atom. The highest BCUT2D eigenvalue weighted by Gasteiger charge is 2.45. The van der Waals surface area contributed by atoms with Gasteiger partial charge in [-0.15, -0.1) is 0 Å². The Kier molecular flexibility index (Phi) is 2.52. The van der Waals surface area contributed by atoms with Crippen molar-refractivity contribution in [3.63, 3.8) is 0 Å². The monoisotopic (exact) mass is 242 g/mol. The fraction of sp³-hybridized carbons (Fsp3) is 0.400. The molecule has 0 aliphatic heterocycles. The SMILES string of the molecule is Cc1ccc(-c2cc(C3(CN)CC3)no2)cc1C. The molecule has 2 aromatic rings. The zero-order valence-electron chi connectivity index (χ0n) is 10.9. The first-order chi connectivity index (χ1) is 8.64. The van der Waals surface area contributed by atoms with Crippen LogP contribution in [0.15, 0.2) is 28.8 Å². The third kappa shape index (κ3) is 1.75. The lowest BCUT2D eigenvalue weighted by molar-refractivity contribution is 0.414. The van der Waals surface area contributed by atoms with E-state index in [0.717, 1.165) is 29.9 Å². The second kappa shape index (κ2) is 3.95. The topological polar surface area (TPSA) is 52.0 Å². The van der Waals surface area contributed by atoms with Crippen molar-refractivity contribution in [2.75, 3.05) is 6.54 Å². The molecule has 3 rings (SSSR count). The van der Waals surface area contributed by atoms with Crippen molar-refractivity contribution in [3.8, 4) is 11.3 Å². The standard InChI is InChI=1S/C15H18N2O/c1-10-3-4-12(7-11(10)2)13-8-14(17-18-13)15(9-16)5-6-15/h3-4,7-8H,5-6,9,16H2,1-2H3. The van der Waals surface area contributed by atoms with Gasteiger partial charge in [0.2, 0.25) is 0 Å². The molecule has 0 radical (unpaired) electrons. The van der Waals surface area contributed by atoms with E-state index >= 15 is 0 Å². The zero-order chi connectivity index (χ0) is 12.8. The lowest BCUT2D eigenvalue weighted by atomic mass is 10.0. The molecule has 0 unspecified atom stereocenters. The molecule has 0 saturated heterocycles. The number of hydrogen-bond donors (Lipinski definition) is 1. The first-order valence-electron chi connectivity index (χ1n) is 6.39. The van der Waals surface area contributed by atoms with Crippen molar-refractivity contribution in [1.82, 2.24) is 5.16 Å². The van der Waals surface area contributed by atoms with E-state index in [9.17, 15) is 0 Å². The third-order valence-electron chi connectivity index (χ3n) is 4.09. The van der Waals surface area contributed by atoms with Crippen LogP contribution in [0, 0.1) is 13.8 Å². The minimum atomic E-state index is 0.0987. The number of benzene rings is 1.